The first-order valence-electron chi connectivity index (χ1n) is 15.1. The van der Waals surface area contributed by atoms with Crippen LogP contribution >= 0.6 is 0 Å². The summed E-state index contributed by atoms with van der Waals surface area (Å²) in [6, 6.07) is 18.0. The Labute approximate surface area is 331 Å². The number of hydrogen-bond acceptors (Lipinski definition) is 13. The molecule has 0 heterocycles. The molecule has 0 atom stereocenters. The molecule has 0 radical (unpaired) electrons. The van der Waals surface area contributed by atoms with Gasteiger partial charge >= 0.3 is 29.6 Å². The molecule has 0 aromatic heterocycles. The van der Waals surface area contributed by atoms with Crippen molar-refractivity contribution in [3.05, 3.63) is 117 Å². The Balaban J connectivity index is 0.00000561. The zero-order valence-corrected chi connectivity index (χ0v) is 32.8. The molecule has 4 aromatic rings. The van der Waals surface area contributed by atoms with E-state index in [-0.39, 0.29) is 63.2 Å². The van der Waals surface area contributed by atoms with Crippen LogP contribution in [0.25, 0.3) is 22.1 Å². The smallest absolute Gasteiger partial charge is 0.398 e. The standard InChI is InChI=1S/C34H27N5O11S3.Na/c1-17-11-19(7-9-26(17)36-38-28-16-29(52(45,46)47)23-5-3-4-6-24(23)33(28)40)20-8-10-27(18(2)12-20)37-39-32-30(53(48,49)50)14-21-13-22(51(42,43)44)15-25(35)31(21)34(32)41;/h3-16,36-37H,35H2,1-2H3,(H,42,43,44)(H,45,46,47)(H,48,49,50);/q;+1/b38-28+,39-32+;. The van der Waals surface area contributed by atoms with Crippen LogP contribution in [0.3, 0.4) is 0 Å². The Hall–Kier alpha value is -4.83. The quantitative estimate of drug-likeness (QED) is 0.0640. The second kappa shape index (κ2) is 14.8. The average Bonchev–Trinajstić information content (AvgIpc) is 3.06. The van der Waals surface area contributed by atoms with Crippen molar-refractivity contribution >= 4 is 81.4 Å². The predicted molar refractivity (Wildman–Crippen MR) is 198 cm³/mol. The van der Waals surface area contributed by atoms with E-state index in [1.807, 2.05) is 6.07 Å². The third-order valence-electron chi connectivity index (χ3n) is 8.30. The van der Waals surface area contributed by atoms with Crippen molar-refractivity contribution in [2.24, 2.45) is 10.2 Å². The topological polar surface area (TPSA) is 272 Å². The number of ketones is 2. The molecule has 7 N–H and O–H groups in total. The summed E-state index contributed by atoms with van der Waals surface area (Å²) in [5.41, 5.74) is 13.2. The summed E-state index contributed by atoms with van der Waals surface area (Å²) in [5, 5.41) is 8.09. The van der Waals surface area contributed by atoms with Gasteiger partial charge in [-0.15, -0.1) is 0 Å². The molecule has 16 nitrogen and oxygen atoms in total. The van der Waals surface area contributed by atoms with Crippen molar-refractivity contribution in [3.8, 4) is 11.1 Å². The summed E-state index contributed by atoms with van der Waals surface area (Å²) in [6.45, 7) is 3.49. The van der Waals surface area contributed by atoms with Gasteiger partial charge in [-0.2, -0.15) is 35.5 Å². The number of anilines is 3. The fourth-order valence-electron chi connectivity index (χ4n) is 5.70. The Bertz CT molecular complexity index is 2780. The molecular formula is C34H27N5NaO11S3+. The molecule has 0 aliphatic heterocycles. The van der Waals surface area contributed by atoms with Crippen molar-refractivity contribution in [1.29, 1.82) is 0 Å². The second-order valence-corrected chi connectivity index (χ2v) is 16.1. The first-order chi connectivity index (χ1) is 24.7. The van der Waals surface area contributed by atoms with Gasteiger partial charge in [0.15, 0.2) is 5.71 Å². The molecule has 0 amide bonds. The first-order valence-corrected chi connectivity index (χ1v) is 19.4. The van der Waals surface area contributed by atoms with Gasteiger partial charge in [-0.1, -0.05) is 36.4 Å². The van der Waals surface area contributed by atoms with Gasteiger partial charge in [0, 0.05) is 16.8 Å². The van der Waals surface area contributed by atoms with Crippen LogP contribution < -0.4 is 46.1 Å². The van der Waals surface area contributed by atoms with E-state index in [0.717, 1.165) is 35.4 Å². The SMILES string of the molecule is Cc1cc(-c2ccc(N/N=C3\C=C(S(=O)(=O)O)c4ccccc4C3=O)c(C)c2)ccc1N/N=C1/C(=O)c2c(N)cc(S(=O)(=O)O)cc2C=C1S(=O)(=O)O.[Na+]. The van der Waals surface area contributed by atoms with Gasteiger partial charge in [0.1, 0.15) is 15.5 Å². The zero-order valence-electron chi connectivity index (χ0n) is 28.4. The number of nitrogen functional groups attached to an aromatic ring is 1. The molecule has 2 aliphatic rings. The number of benzene rings is 4. The zero-order chi connectivity index (χ0) is 38.6. The maximum atomic E-state index is 13.4. The van der Waals surface area contributed by atoms with Gasteiger partial charge in [0.2, 0.25) is 11.6 Å². The van der Waals surface area contributed by atoms with Crippen molar-refractivity contribution < 1.29 is 78.1 Å². The molecule has 0 saturated carbocycles. The number of fused-ring (bicyclic) bond motifs is 2. The molecule has 0 fully saturated rings. The third kappa shape index (κ3) is 7.99. The minimum absolute atomic E-state index is 0. The maximum absolute atomic E-state index is 13.4. The number of aryl methyl sites for hydroxylation is 2. The van der Waals surface area contributed by atoms with E-state index in [4.69, 9.17) is 5.73 Å². The van der Waals surface area contributed by atoms with Crippen LogP contribution in [0.4, 0.5) is 17.1 Å². The van der Waals surface area contributed by atoms with Crippen molar-refractivity contribution in [2.45, 2.75) is 18.7 Å². The van der Waals surface area contributed by atoms with Crippen LogP contribution in [0.15, 0.2) is 98.9 Å². The molecule has 2 aliphatic carbocycles. The number of carbonyl (C=O) groups is 2. The van der Waals surface area contributed by atoms with Crippen LogP contribution in [0.5, 0.6) is 0 Å². The van der Waals surface area contributed by atoms with Crippen LogP contribution in [0, 0.1) is 13.8 Å². The summed E-state index contributed by atoms with van der Waals surface area (Å²) in [6.07, 6.45) is 1.82. The maximum Gasteiger partial charge on any atom is 1.00 e. The number of nitrogens with two attached hydrogens (primary N) is 1. The van der Waals surface area contributed by atoms with Gasteiger partial charge in [-0.05, 0) is 90.2 Å². The molecular weight excluding hydrogens is 774 g/mol. The fraction of sp³-hybridized carbons (Fsp3) is 0.0588. The molecule has 54 heavy (non-hydrogen) atoms. The third-order valence-corrected chi connectivity index (χ3v) is 10.9. The molecule has 0 saturated heterocycles. The van der Waals surface area contributed by atoms with Crippen LogP contribution in [-0.4, -0.2) is 61.9 Å². The number of Topliss-reactive ketones (excluding diaryl/α,β-unsaturated/α-hetero) is 2. The van der Waals surface area contributed by atoms with Gasteiger partial charge in [0.25, 0.3) is 30.4 Å². The summed E-state index contributed by atoms with van der Waals surface area (Å²) in [5.74, 6) is -1.57. The number of nitrogens with one attached hydrogen (secondary N) is 2. The summed E-state index contributed by atoms with van der Waals surface area (Å²) in [7, 11) is -14.5. The largest absolute Gasteiger partial charge is 1.00 e. The number of hydrogen-bond donors (Lipinski definition) is 6. The first kappa shape index (κ1) is 40.4. The number of hydrazone groups is 2. The molecule has 0 bridgehead atoms. The van der Waals surface area contributed by atoms with Crippen molar-refractivity contribution in [1.82, 2.24) is 0 Å². The predicted octanol–water partition coefficient (Wildman–Crippen LogP) is 1.59. The monoisotopic (exact) mass is 800 g/mol. The van der Waals surface area contributed by atoms with E-state index in [2.05, 4.69) is 21.1 Å². The summed E-state index contributed by atoms with van der Waals surface area (Å²) in [4.78, 5) is 24.3. The fourth-order valence-corrected chi connectivity index (χ4v) is 7.63. The normalized spacial score (nSPS) is 15.9. The van der Waals surface area contributed by atoms with E-state index >= 15 is 0 Å². The minimum atomic E-state index is -5.06. The van der Waals surface area contributed by atoms with Crippen molar-refractivity contribution in [3.63, 3.8) is 0 Å². The second-order valence-electron chi connectivity index (χ2n) is 11.9. The Morgan fingerprint density at radius 1 is 0.630 bits per heavy atom. The summed E-state index contributed by atoms with van der Waals surface area (Å²) >= 11 is 0. The number of allylic oxidation sites excluding steroid dienone is 2. The molecule has 272 valence electrons. The molecule has 6 rings (SSSR count). The summed E-state index contributed by atoms with van der Waals surface area (Å²) < 4.78 is 101. The van der Waals surface area contributed by atoms with Crippen molar-refractivity contribution in [2.75, 3.05) is 16.6 Å². The Morgan fingerprint density at radius 3 is 1.69 bits per heavy atom. The number of nitrogens with zero attached hydrogens (tertiary/aromatic N) is 2. The molecule has 20 heteroatoms. The van der Waals surface area contributed by atoms with Gasteiger partial charge in [-0.3, -0.25) is 34.1 Å². The van der Waals surface area contributed by atoms with E-state index in [0.29, 0.717) is 22.5 Å². The number of carbonyl (C=O) groups excluding carboxylic acids is 2. The molecule has 4 aromatic carbocycles. The molecule has 0 unspecified atom stereocenters. The van der Waals surface area contributed by atoms with Gasteiger partial charge in [0.05, 0.1) is 21.8 Å². The van der Waals surface area contributed by atoms with E-state index in [1.165, 1.54) is 12.1 Å². The van der Waals surface area contributed by atoms with Gasteiger partial charge in [-0.25, -0.2) is 0 Å². The van der Waals surface area contributed by atoms with Crippen LogP contribution in [0.1, 0.15) is 43.0 Å². The van der Waals surface area contributed by atoms with E-state index < -0.39 is 62.3 Å². The van der Waals surface area contributed by atoms with Crippen LogP contribution in [0.2, 0.25) is 0 Å². The van der Waals surface area contributed by atoms with E-state index in [9.17, 15) is 48.5 Å². The Kier molecular flexibility index (Phi) is 11.0. The Morgan fingerprint density at radius 2 is 1.17 bits per heavy atom. The number of rotatable bonds is 8. The van der Waals surface area contributed by atoms with E-state index in [1.54, 1.807) is 56.3 Å². The van der Waals surface area contributed by atoms with Gasteiger partial charge < -0.3 is 5.73 Å². The van der Waals surface area contributed by atoms with Crippen LogP contribution in [-0.2, 0) is 30.4 Å². The average molecular weight is 801 g/mol. The molecule has 0 spiro atoms. The minimum Gasteiger partial charge on any atom is -0.398 e.